The van der Waals surface area contributed by atoms with Gasteiger partial charge in [-0.05, 0) is 58.4 Å². The third kappa shape index (κ3) is 4.96. The van der Waals surface area contributed by atoms with Gasteiger partial charge in [0.05, 0.1) is 11.2 Å². The molecule has 0 spiro atoms. The molecule has 2 rings (SSSR count). The van der Waals surface area contributed by atoms with Crippen LogP contribution in [0.25, 0.3) is 0 Å². The molecule has 1 fully saturated rings. The highest BCUT2D eigenvalue weighted by atomic mass is 19.3. The van der Waals surface area contributed by atoms with E-state index < -0.39 is 23.0 Å². The largest absolute Gasteiger partial charge is 0.427 e. The number of carbonyl (C=O) groups is 1. The molecule has 167 valence electrons. The van der Waals surface area contributed by atoms with Crippen LogP contribution < -0.4 is 5.46 Å². The highest BCUT2D eigenvalue weighted by molar-refractivity contribution is 6.47. The highest BCUT2D eigenvalue weighted by Crippen LogP contribution is 2.64. The Labute approximate surface area is 180 Å². The minimum Gasteiger partial charge on any atom is -0.427 e. The molecule has 30 heavy (non-hydrogen) atoms. The first kappa shape index (κ1) is 25.0. The Bertz CT molecular complexity index is 757. The predicted molar refractivity (Wildman–Crippen MR) is 117 cm³/mol. The molecule has 3 nitrogen and oxygen atoms in total. The first-order valence-electron chi connectivity index (χ1n) is 11.0. The lowest BCUT2D eigenvalue weighted by molar-refractivity contribution is -0.128. The number of benzene rings is 1. The Morgan fingerprint density at radius 3 is 2.43 bits per heavy atom. The normalized spacial score (nSPS) is 22.8. The number of hydrogen-bond donors (Lipinski definition) is 1. The number of alkyl halides is 2. The molecular formula is C24H36BF2O3. The average molecular weight is 421 g/mol. The molecule has 1 saturated carbocycles. The fourth-order valence-electron chi connectivity index (χ4n) is 4.04. The molecule has 1 radical (unpaired) electrons. The summed E-state index contributed by atoms with van der Waals surface area (Å²) in [5.41, 5.74) is -1.42. The second kappa shape index (κ2) is 9.08. The molecule has 6 heteroatoms. The molecule has 0 saturated heterocycles. The van der Waals surface area contributed by atoms with Gasteiger partial charge in [0.2, 0.25) is 0 Å². The van der Waals surface area contributed by atoms with E-state index in [4.69, 9.17) is 4.65 Å². The molecule has 1 aromatic carbocycles. The highest BCUT2D eigenvalue weighted by Gasteiger charge is 2.60. The molecular weight excluding hydrogens is 385 g/mol. The molecule has 0 aromatic heterocycles. The van der Waals surface area contributed by atoms with Gasteiger partial charge >= 0.3 is 7.48 Å². The van der Waals surface area contributed by atoms with Crippen LogP contribution in [-0.2, 0) is 9.45 Å². The van der Waals surface area contributed by atoms with Gasteiger partial charge in [-0.2, -0.15) is 0 Å². The molecule has 0 amide bonds. The topological polar surface area (TPSA) is 46.5 Å². The van der Waals surface area contributed by atoms with Gasteiger partial charge in [0.15, 0.2) is 0 Å². The van der Waals surface area contributed by atoms with Crippen molar-refractivity contribution in [2.45, 2.75) is 97.7 Å². The van der Waals surface area contributed by atoms with Gasteiger partial charge in [0.1, 0.15) is 5.78 Å². The minimum absolute atomic E-state index is 0.0339. The van der Waals surface area contributed by atoms with Gasteiger partial charge in [-0.1, -0.05) is 50.9 Å². The summed E-state index contributed by atoms with van der Waals surface area (Å²) < 4.78 is 33.6. The lowest BCUT2D eigenvalue weighted by Gasteiger charge is -2.37. The number of aliphatic hydroxyl groups is 1. The lowest BCUT2D eigenvalue weighted by Crippen LogP contribution is -2.49. The Morgan fingerprint density at radius 1 is 1.30 bits per heavy atom. The average Bonchev–Trinajstić information content (AvgIpc) is 3.39. The molecule has 1 aliphatic rings. The van der Waals surface area contributed by atoms with Crippen molar-refractivity contribution in [2.75, 3.05) is 0 Å². The summed E-state index contributed by atoms with van der Waals surface area (Å²) in [5.74, 6) is 0.00956. The number of ketones is 1. The molecule has 1 N–H and O–H groups in total. The third-order valence-corrected chi connectivity index (χ3v) is 7.01. The third-order valence-electron chi connectivity index (χ3n) is 7.01. The van der Waals surface area contributed by atoms with Gasteiger partial charge in [0.25, 0.3) is 6.43 Å². The maximum atomic E-state index is 13.9. The maximum absolute atomic E-state index is 13.9. The Balaban J connectivity index is 2.29. The monoisotopic (exact) mass is 421 g/mol. The fourth-order valence-corrected chi connectivity index (χ4v) is 4.04. The van der Waals surface area contributed by atoms with Crippen LogP contribution in [0.15, 0.2) is 18.2 Å². The number of halogens is 2. The van der Waals surface area contributed by atoms with Gasteiger partial charge in [-0.15, -0.1) is 0 Å². The van der Waals surface area contributed by atoms with Crippen molar-refractivity contribution in [1.29, 1.82) is 0 Å². The van der Waals surface area contributed by atoms with E-state index in [1.165, 1.54) is 13.5 Å². The maximum Gasteiger partial charge on any atom is 0.330 e. The van der Waals surface area contributed by atoms with E-state index in [0.29, 0.717) is 17.4 Å². The summed E-state index contributed by atoms with van der Waals surface area (Å²) in [5, 5.41) is 10.2. The van der Waals surface area contributed by atoms with E-state index in [1.54, 1.807) is 39.8 Å². The van der Waals surface area contributed by atoms with Crippen LogP contribution in [0.3, 0.4) is 0 Å². The van der Waals surface area contributed by atoms with E-state index in [1.807, 2.05) is 20.8 Å². The van der Waals surface area contributed by atoms with Crippen LogP contribution in [0.2, 0.25) is 0 Å². The number of rotatable bonds is 11. The zero-order chi connectivity index (χ0) is 22.9. The van der Waals surface area contributed by atoms with Crippen LogP contribution in [0.4, 0.5) is 8.78 Å². The second-order valence-corrected chi connectivity index (χ2v) is 9.83. The molecule has 3 atom stereocenters. The molecule has 1 aromatic rings. The van der Waals surface area contributed by atoms with E-state index >= 15 is 0 Å². The van der Waals surface area contributed by atoms with Crippen molar-refractivity contribution in [2.24, 2.45) is 11.3 Å². The quantitative estimate of drug-likeness (QED) is 0.492. The standard InChI is InChI=1S/C24H36BF2O3/c1-8-12-24(20(28)15(3)9-2)14-19(24)17-11-10-16(13-18(17)21(26)27)25-30-23(6,7)22(4,5)29/h10-11,13,15,19,21,29H,8-9,12,14H2,1-7H3. The molecule has 3 unspecified atom stereocenters. The van der Waals surface area contributed by atoms with Crippen molar-refractivity contribution in [3.63, 3.8) is 0 Å². The van der Waals surface area contributed by atoms with Crippen LogP contribution in [0.5, 0.6) is 0 Å². The van der Waals surface area contributed by atoms with Crippen molar-refractivity contribution in [1.82, 2.24) is 0 Å². The van der Waals surface area contributed by atoms with Crippen molar-refractivity contribution in [3.05, 3.63) is 29.3 Å². The molecule has 1 aliphatic carbocycles. The van der Waals surface area contributed by atoms with E-state index in [-0.39, 0.29) is 23.2 Å². The van der Waals surface area contributed by atoms with E-state index in [0.717, 1.165) is 19.3 Å². The molecule has 0 aliphatic heterocycles. The fraction of sp³-hybridized carbons (Fsp3) is 0.708. The van der Waals surface area contributed by atoms with Crippen LogP contribution in [0.1, 0.15) is 97.6 Å². The summed E-state index contributed by atoms with van der Waals surface area (Å²) >= 11 is 0. The summed E-state index contributed by atoms with van der Waals surface area (Å²) in [6.07, 6.45) is 0.374. The van der Waals surface area contributed by atoms with E-state index in [2.05, 4.69) is 0 Å². The molecule has 0 heterocycles. The van der Waals surface area contributed by atoms with Gasteiger partial charge in [-0.25, -0.2) is 8.78 Å². The number of hydrogen-bond acceptors (Lipinski definition) is 3. The summed E-state index contributed by atoms with van der Waals surface area (Å²) in [6, 6.07) is 4.92. The SMILES string of the molecule is CCCC1(C(=O)C(C)CC)CC1c1ccc([B]OC(C)(C)C(C)(C)O)cc1C(F)F. The second-order valence-electron chi connectivity index (χ2n) is 9.83. The Hall–Kier alpha value is -1.27. The first-order chi connectivity index (χ1) is 13.8. The number of carbonyl (C=O) groups excluding carboxylic acids is 1. The number of Topliss-reactive ketones (excluding diaryl/α,β-unsaturated/α-hetero) is 1. The predicted octanol–water partition coefficient (Wildman–Crippen LogP) is 5.32. The molecule has 0 bridgehead atoms. The van der Waals surface area contributed by atoms with Crippen molar-refractivity contribution < 1.29 is 23.3 Å². The van der Waals surface area contributed by atoms with Gasteiger partial charge in [-0.3, -0.25) is 4.79 Å². The van der Waals surface area contributed by atoms with Crippen LogP contribution in [0, 0.1) is 11.3 Å². The zero-order valence-corrected chi connectivity index (χ0v) is 19.4. The van der Waals surface area contributed by atoms with Crippen LogP contribution >= 0.6 is 0 Å². The van der Waals surface area contributed by atoms with Gasteiger partial charge in [0, 0.05) is 16.9 Å². The smallest absolute Gasteiger partial charge is 0.330 e. The first-order valence-corrected chi connectivity index (χ1v) is 11.0. The summed E-state index contributed by atoms with van der Waals surface area (Å²) in [4.78, 5) is 13.0. The summed E-state index contributed by atoms with van der Waals surface area (Å²) in [6.45, 7) is 12.7. The van der Waals surface area contributed by atoms with Crippen molar-refractivity contribution >= 4 is 18.7 Å². The van der Waals surface area contributed by atoms with Crippen molar-refractivity contribution in [3.8, 4) is 0 Å². The lowest BCUT2D eigenvalue weighted by atomic mass is 9.79. The zero-order valence-electron chi connectivity index (χ0n) is 19.4. The Morgan fingerprint density at radius 2 is 1.93 bits per heavy atom. The minimum atomic E-state index is -2.63. The van der Waals surface area contributed by atoms with Gasteiger partial charge < -0.3 is 9.76 Å². The Kier molecular flexibility index (Phi) is 7.56. The van der Waals surface area contributed by atoms with E-state index in [9.17, 15) is 18.7 Å². The summed E-state index contributed by atoms with van der Waals surface area (Å²) in [7, 11) is 1.42. The van der Waals surface area contributed by atoms with Crippen LogP contribution in [-0.4, -0.2) is 29.6 Å².